The smallest absolute Gasteiger partial charge is 0.198 e. The number of nitrogens with two attached hydrogens (primary N) is 1. The van der Waals surface area contributed by atoms with Crippen molar-refractivity contribution in [2.45, 2.75) is 39.2 Å². The van der Waals surface area contributed by atoms with Gasteiger partial charge in [-0.2, -0.15) is 0 Å². The lowest BCUT2D eigenvalue weighted by Gasteiger charge is -2.03. The lowest BCUT2D eigenvalue weighted by molar-refractivity contribution is 0.0965. The zero-order valence-electron chi connectivity index (χ0n) is 9.28. The Morgan fingerprint density at radius 1 is 1.47 bits per heavy atom. The topological polar surface area (TPSA) is 60.9 Å². The highest BCUT2D eigenvalue weighted by Gasteiger charge is 2.10. The van der Waals surface area contributed by atoms with Crippen molar-refractivity contribution in [3.63, 3.8) is 0 Å². The van der Waals surface area contributed by atoms with Gasteiger partial charge in [-0.15, -0.1) is 0 Å². The van der Waals surface area contributed by atoms with Crippen LogP contribution in [0.5, 0.6) is 0 Å². The van der Waals surface area contributed by atoms with Crippen molar-refractivity contribution in [1.29, 1.82) is 0 Å². The number of unbranched alkanes of at least 4 members (excludes halogenated alkanes) is 2. The maximum absolute atomic E-state index is 11.7. The van der Waals surface area contributed by atoms with Gasteiger partial charge in [-0.3, -0.25) is 4.79 Å². The molecule has 1 rings (SSSR count). The van der Waals surface area contributed by atoms with E-state index >= 15 is 0 Å². The molecule has 0 aromatic carbocycles. The number of imidazole rings is 1. The van der Waals surface area contributed by atoms with E-state index in [1.54, 1.807) is 6.20 Å². The average Bonchev–Trinajstić information content (AvgIpc) is 2.72. The van der Waals surface area contributed by atoms with Gasteiger partial charge in [0.25, 0.3) is 0 Å². The summed E-state index contributed by atoms with van der Waals surface area (Å²) in [5.41, 5.74) is 5.38. The summed E-state index contributed by atoms with van der Waals surface area (Å²) in [5, 5.41) is 0. The molecule has 0 fully saturated rings. The maximum Gasteiger partial charge on any atom is 0.198 e. The van der Waals surface area contributed by atoms with Crippen LogP contribution in [0.3, 0.4) is 0 Å². The number of ketones is 1. The summed E-state index contributed by atoms with van der Waals surface area (Å²) in [4.78, 5) is 15.8. The molecule has 0 amide bonds. The Hall–Kier alpha value is -1.16. The fourth-order valence-corrected chi connectivity index (χ4v) is 1.53. The third kappa shape index (κ3) is 3.47. The molecule has 0 aliphatic carbocycles. The third-order valence-corrected chi connectivity index (χ3v) is 2.41. The quantitative estimate of drug-likeness (QED) is 0.548. The molecule has 0 saturated heterocycles. The van der Waals surface area contributed by atoms with E-state index in [4.69, 9.17) is 5.73 Å². The second-order valence-electron chi connectivity index (χ2n) is 3.56. The molecule has 15 heavy (non-hydrogen) atoms. The van der Waals surface area contributed by atoms with Crippen LogP contribution < -0.4 is 5.73 Å². The summed E-state index contributed by atoms with van der Waals surface area (Å²) in [5.74, 6) is 0.726. The minimum Gasteiger partial charge on any atom is -0.330 e. The lowest BCUT2D eigenvalue weighted by Crippen LogP contribution is -2.09. The normalized spacial score (nSPS) is 10.5. The van der Waals surface area contributed by atoms with E-state index in [0.29, 0.717) is 18.8 Å². The number of hydrogen-bond donors (Lipinski definition) is 1. The Kier molecular flexibility index (Phi) is 5.04. The Balaban J connectivity index is 2.40. The van der Waals surface area contributed by atoms with Crippen molar-refractivity contribution in [2.24, 2.45) is 5.73 Å². The predicted octanol–water partition coefficient (Wildman–Crippen LogP) is 1.60. The first-order valence-corrected chi connectivity index (χ1v) is 5.54. The number of aromatic nitrogens is 2. The van der Waals surface area contributed by atoms with E-state index in [9.17, 15) is 4.79 Å². The summed E-state index contributed by atoms with van der Waals surface area (Å²) >= 11 is 0. The van der Waals surface area contributed by atoms with E-state index in [1.165, 1.54) is 0 Å². The van der Waals surface area contributed by atoms with Gasteiger partial charge in [0.05, 0.1) is 0 Å². The molecule has 0 unspecified atom stereocenters. The second kappa shape index (κ2) is 6.35. The molecule has 0 spiro atoms. The van der Waals surface area contributed by atoms with Gasteiger partial charge in [0, 0.05) is 25.4 Å². The highest BCUT2D eigenvalue weighted by molar-refractivity contribution is 5.92. The third-order valence-electron chi connectivity index (χ3n) is 2.41. The largest absolute Gasteiger partial charge is 0.330 e. The molecule has 1 aromatic heterocycles. The van der Waals surface area contributed by atoms with Crippen molar-refractivity contribution in [2.75, 3.05) is 6.54 Å². The van der Waals surface area contributed by atoms with Gasteiger partial charge in [0.15, 0.2) is 11.6 Å². The monoisotopic (exact) mass is 209 g/mol. The van der Waals surface area contributed by atoms with Gasteiger partial charge >= 0.3 is 0 Å². The van der Waals surface area contributed by atoms with E-state index < -0.39 is 0 Å². The Bertz CT molecular complexity index is 307. The molecule has 0 atom stereocenters. The number of rotatable bonds is 7. The Morgan fingerprint density at radius 3 is 2.93 bits per heavy atom. The minimum absolute atomic E-state index is 0.138. The highest BCUT2D eigenvalue weighted by atomic mass is 16.1. The Labute approximate surface area is 90.5 Å². The number of Topliss-reactive ketones (excluding diaryl/α,β-unsaturated/α-hetero) is 1. The summed E-state index contributed by atoms with van der Waals surface area (Å²) in [6, 6.07) is 0. The standard InChI is InChI=1S/C11H19N3O/c1-2-14-9-8-13-11(14)10(15)6-4-3-5-7-12/h8-9H,2-7,12H2,1H3. The number of aryl methyl sites for hydroxylation is 1. The van der Waals surface area contributed by atoms with E-state index in [-0.39, 0.29) is 5.78 Å². The lowest BCUT2D eigenvalue weighted by atomic mass is 10.1. The maximum atomic E-state index is 11.7. The van der Waals surface area contributed by atoms with Gasteiger partial charge in [0.2, 0.25) is 0 Å². The molecule has 0 bridgehead atoms. The summed E-state index contributed by atoms with van der Waals surface area (Å²) < 4.78 is 1.88. The van der Waals surface area contributed by atoms with Gasteiger partial charge in [-0.1, -0.05) is 6.42 Å². The molecule has 0 aliphatic heterocycles. The minimum atomic E-state index is 0.138. The molecule has 2 N–H and O–H groups in total. The van der Waals surface area contributed by atoms with Crippen LogP contribution in [-0.4, -0.2) is 21.9 Å². The summed E-state index contributed by atoms with van der Waals surface area (Å²) in [7, 11) is 0. The molecular formula is C11H19N3O. The van der Waals surface area contributed by atoms with Crippen LogP contribution >= 0.6 is 0 Å². The molecule has 0 saturated carbocycles. The zero-order valence-corrected chi connectivity index (χ0v) is 9.28. The van der Waals surface area contributed by atoms with Gasteiger partial charge < -0.3 is 10.3 Å². The van der Waals surface area contributed by atoms with Crippen LogP contribution in [0.25, 0.3) is 0 Å². The first-order chi connectivity index (χ1) is 7.29. The van der Waals surface area contributed by atoms with Crippen LogP contribution in [0.2, 0.25) is 0 Å². The van der Waals surface area contributed by atoms with Crippen molar-refractivity contribution >= 4 is 5.78 Å². The van der Waals surface area contributed by atoms with Crippen LogP contribution in [0.15, 0.2) is 12.4 Å². The highest BCUT2D eigenvalue weighted by Crippen LogP contribution is 2.06. The number of carbonyl (C=O) groups excluding carboxylic acids is 1. The van der Waals surface area contributed by atoms with Crippen LogP contribution in [0, 0.1) is 0 Å². The fourth-order valence-electron chi connectivity index (χ4n) is 1.53. The van der Waals surface area contributed by atoms with Crippen molar-refractivity contribution < 1.29 is 4.79 Å². The molecule has 0 aliphatic rings. The molecule has 0 radical (unpaired) electrons. The Morgan fingerprint density at radius 2 is 2.27 bits per heavy atom. The van der Waals surface area contributed by atoms with Crippen molar-refractivity contribution in [3.05, 3.63) is 18.2 Å². The fraction of sp³-hybridized carbons (Fsp3) is 0.636. The van der Waals surface area contributed by atoms with E-state index in [1.807, 2.05) is 17.7 Å². The van der Waals surface area contributed by atoms with Crippen LogP contribution in [0.4, 0.5) is 0 Å². The molecule has 4 heteroatoms. The summed E-state index contributed by atoms with van der Waals surface area (Å²) in [6.45, 7) is 3.51. The number of nitrogens with zero attached hydrogens (tertiary/aromatic N) is 2. The average molecular weight is 209 g/mol. The van der Waals surface area contributed by atoms with Crippen molar-refractivity contribution in [3.8, 4) is 0 Å². The second-order valence-corrected chi connectivity index (χ2v) is 3.56. The molecule has 1 aromatic rings. The molecule has 4 nitrogen and oxygen atoms in total. The summed E-state index contributed by atoms with van der Waals surface area (Å²) in [6.07, 6.45) is 7.03. The van der Waals surface area contributed by atoms with Gasteiger partial charge in [-0.25, -0.2) is 4.98 Å². The number of hydrogen-bond acceptors (Lipinski definition) is 3. The number of carbonyl (C=O) groups is 1. The zero-order chi connectivity index (χ0) is 11.1. The molecule has 84 valence electrons. The molecule has 1 heterocycles. The predicted molar refractivity (Wildman–Crippen MR) is 59.8 cm³/mol. The SMILES string of the molecule is CCn1ccnc1C(=O)CCCCCN. The van der Waals surface area contributed by atoms with E-state index in [2.05, 4.69) is 4.98 Å². The first-order valence-electron chi connectivity index (χ1n) is 5.54. The first kappa shape index (κ1) is 11.9. The van der Waals surface area contributed by atoms with Crippen molar-refractivity contribution in [1.82, 2.24) is 9.55 Å². The van der Waals surface area contributed by atoms with Crippen LogP contribution in [0.1, 0.15) is 43.2 Å². The van der Waals surface area contributed by atoms with E-state index in [0.717, 1.165) is 25.8 Å². The van der Waals surface area contributed by atoms with Gasteiger partial charge in [-0.05, 0) is 26.3 Å². The van der Waals surface area contributed by atoms with Crippen LogP contribution in [-0.2, 0) is 6.54 Å². The van der Waals surface area contributed by atoms with Gasteiger partial charge in [0.1, 0.15) is 0 Å². The molecular weight excluding hydrogens is 190 g/mol.